The number of benzene rings is 2. The Morgan fingerprint density at radius 2 is 1.79 bits per heavy atom. The summed E-state index contributed by atoms with van der Waals surface area (Å²) in [5.74, 6) is -0.313. The third-order valence-electron chi connectivity index (χ3n) is 4.34. The summed E-state index contributed by atoms with van der Waals surface area (Å²) in [6.07, 6.45) is -4.80. The molecule has 4 aromatic rings. The third-order valence-corrected chi connectivity index (χ3v) is 4.34. The number of fused-ring (bicyclic) bond motifs is 1. The minimum absolute atomic E-state index is 0.109. The molecule has 5 nitrogen and oxygen atoms in total. The third kappa shape index (κ3) is 3.71. The summed E-state index contributed by atoms with van der Waals surface area (Å²) >= 11 is 0. The number of halogens is 4. The molecular weight excluding hydrogens is 390 g/mol. The lowest BCUT2D eigenvalue weighted by Crippen LogP contribution is -2.11. The van der Waals surface area contributed by atoms with Crippen LogP contribution >= 0.6 is 0 Å². The number of aromatic nitrogens is 2. The molecule has 2 heterocycles. The van der Waals surface area contributed by atoms with Gasteiger partial charge in [0.15, 0.2) is 5.82 Å². The number of nitrogens with zero attached hydrogens (tertiary/aromatic N) is 1. The van der Waals surface area contributed by atoms with Gasteiger partial charge in [0.2, 0.25) is 0 Å². The average Bonchev–Trinajstić information content (AvgIpc) is 3.16. The number of rotatable bonds is 4. The quantitative estimate of drug-likeness (QED) is 0.473. The molecule has 0 aliphatic rings. The fraction of sp³-hybridized carbons (Fsp3) is 0.100. The number of aromatic amines is 1. The van der Waals surface area contributed by atoms with Crippen LogP contribution in [0.3, 0.4) is 0 Å². The number of nitrogens with one attached hydrogen (secondary N) is 2. The largest absolute Gasteiger partial charge is 0.459 e. The zero-order chi connectivity index (χ0) is 20.6. The molecule has 148 valence electrons. The summed E-state index contributed by atoms with van der Waals surface area (Å²) in [6.45, 7) is 0.177. The van der Waals surface area contributed by atoms with Gasteiger partial charge in [-0.25, -0.2) is 9.49 Å². The highest BCUT2D eigenvalue weighted by atomic mass is 19.4. The van der Waals surface area contributed by atoms with Crippen molar-refractivity contribution in [1.82, 2.24) is 10.2 Å². The lowest BCUT2D eigenvalue weighted by Gasteiger charge is -2.09. The molecule has 0 fully saturated rings. The van der Waals surface area contributed by atoms with Gasteiger partial charge in [-0.15, -0.1) is 0 Å². The summed E-state index contributed by atoms with van der Waals surface area (Å²) in [5.41, 5.74) is -1.56. The second kappa shape index (κ2) is 7.08. The normalized spacial score (nSPS) is 11.7. The maximum atomic E-state index is 13.5. The SMILES string of the molecule is O=c1[nH]nc(NCc2ccc(-c3ccc(F)c(C(F)(F)F)c3)o2)c2ccccc12. The number of hydrogen-bond donors (Lipinski definition) is 2. The Morgan fingerprint density at radius 3 is 2.55 bits per heavy atom. The van der Waals surface area contributed by atoms with Crippen LogP contribution in [0.1, 0.15) is 11.3 Å². The Labute approximate surface area is 161 Å². The molecule has 9 heteroatoms. The first-order valence-electron chi connectivity index (χ1n) is 8.50. The van der Waals surface area contributed by atoms with Gasteiger partial charge in [-0.3, -0.25) is 4.79 Å². The van der Waals surface area contributed by atoms with Gasteiger partial charge in [0.1, 0.15) is 17.3 Å². The second-order valence-electron chi connectivity index (χ2n) is 6.26. The smallest absolute Gasteiger partial charge is 0.419 e. The van der Waals surface area contributed by atoms with Crippen molar-refractivity contribution in [1.29, 1.82) is 0 Å². The van der Waals surface area contributed by atoms with E-state index in [-0.39, 0.29) is 23.4 Å². The van der Waals surface area contributed by atoms with Crippen molar-refractivity contribution in [3.63, 3.8) is 0 Å². The van der Waals surface area contributed by atoms with E-state index in [0.717, 1.165) is 6.07 Å². The van der Waals surface area contributed by atoms with Crippen molar-refractivity contribution in [2.75, 3.05) is 5.32 Å². The van der Waals surface area contributed by atoms with Crippen molar-refractivity contribution in [3.8, 4) is 11.3 Å². The van der Waals surface area contributed by atoms with E-state index in [2.05, 4.69) is 15.5 Å². The molecule has 0 unspecified atom stereocenters. The summed E-state index contributed by atoms with van der Waals surface area (Å²) < 4.78 is 57.7. The van der Waals surface area contributed by atoms with Crippen molar-refractivity contribution < 1.29 is 22.0 Å². The Hall–Kier alpha value is -3.62. The van der Waals surface area contributed by atoms with Crippen LogP contribution in [0.4, 0.5) is 23.4 Å². The van der Waals surface area contributed by atoms with E-state index in [4.69, 9.17) is 4.42 Å². The molecule has 0 bridgehead atoms. The van der Waals surface area contributed by atoms with E-state index in [1.165, 1.54) is 12.1 Å². The topological polar surface area (TPSA) is 70.9 Å². The lowest BCUT2D eigenvalue weighted by molar-refractivity contribution is -0.139. The van der Waals surface area contributed by atoms with Crippen LogP contribution in [0, 0.1) is 5.82 Å². The van der Waals surface area contributed by atoms with Crippen LogP contribution < -0.4 is 10.9 Å². The van der Waals surface area contributed by atoms with Crippen LogP contribution in [0.25, 0.3) is 22.1 Å². The van der Waals surface area contributed by atoms with Gasteiger partial charge >= 0.3 is 6.18 Å². The Morgan fingerprint density at radius 1 is 1.03 bits per heavy atom. The van der Waals surface area contributed by atoms with E-state index in [1.807, 2.05) is 0 Å². The lowest BCUT2D eigenvalue weighted by atomic mass is 10.1. The van der Waals surface area contributed by atoms with Crippen LogP contribution in [0.5, 0.6) is 0 Å². The molecule has 2 aromatic heterocycles. The monoisotopic (exact) mass is 403 g/mol. The molecule has 0 aliphatic heterocycles. The molecule has 0 aliphatic carbocycles. The van der Waals surface area contributed by atoms with Crippen molar-refractivity contribution in [2.45, 2.75) is 12.7 Å². The first-order valence-corrected chi connectivity index (χ1v) is 8.50. The highest BCUT2D eigenvalue weighted by Gasteiger charge is 2.34. The molecule has 0 spiro atoms. The molecule has 29 heavy (non-hydrogen) atoms. The molecular formula is C20H13F4N3O2. The Kier molecular flexibility index (Phi) is 4.57. The van der Waals surface area contributed by atoms with Gasteiger partial charge in [0.25, 0.3) is 5.56 Å². The van der Waals surface area contributed by atoms with Gasteiger partial charge in [0.05, 0.1) is 17.5 Å². The standard InChI is InChI=1S/C20H13F4N3O2/c21-16-7-5-11(9-15(16)20(22,23)24)17-8-6-12(29-17)10-25-18-13-3-1-2-4-14(13)19(28)27-26-18/h1-9H,10H2,(H,25,26)(H,27,28). The van der Waals surface area contributed by atoms with Crippen LogP contribution in [0.15, 0.2) is 63.8 Å². The van der Waals surface area contributed by atoms with Gasteiger partial charge in [-0.2, -0.15) is 18.3 Å². The number of H-pyrrole nitrogens is 1. The average molecular weight is 403 g/mol. The van der Waals surface area contributed by atoms with E-state index >= 15 is 0 Å². The molecule has 4 rings (SSSR count). The molecule has 0 saturated carbocycles. The molecule has 2 aromatic carbocycles. The van der Waals surface area contributed by atoms with Gasteiger partial charge in [0, 0.05) is 10.9 Å². The summed E-state index contributed by atoms with van der Waals surface area (Å²) in [6, 6.07) is 12.7. The van der Waals surface area contributed by atoms with Crippen LogP contribution in [-0.2, 0) is 12.7 Å². The second-order valence-corrected chi connectivity index (χ2v) is 6.26. The highest BCUT2D eigenvalue weighted by Crippen LogP contribution is 2.34. The number of alkyl halides is 3. The van der Waals surface area contributed by atoms with Crippen LogP contribution in [-0.4, -0.2) is 10.2 Å². The van der Waals surface area contributed by atoms with Gasteiger partial charge in [-0.1, -0.05) is 18.2 Å². The minimum Gasteiger partial charge on any atom is -0.459 e. The first-order chi connectivity index (χ1) is 13.8. The molecule has 0 atom stereocenters. The Bertz CT molecular complexity index is 1240. The summed E-state index contributed by atoms with van der Waals surface area (Å²) in [7, 11) is 0. The van der Waals surface area contributed by atoms with Gasteiger partial charge in [-0.05, 0) is 36.4 Å². The number of furan rings is 1. The maximum absolute atomic E-state index is 13.5. The van der Waals surface area contributed by atoms with Crippen molar-refractivity contribution in [2.24, 2.45) is 0 Å². The van der Waals surface area contributed by atoms with E-state index in [1.54, 1.807) is 30.3 Å². The molecule has 0 radical (unpaired) electrons. The van der Waals surface area contributed by atoms with Crippen LogP contribution in [0.2, 0.25) is 0 Å². The van der Waals surface area contributed by atoms with Crippen molar-refractivity contribution >= 4 is 16.6 Å². The summed E-state index contributed by atoms with van der Waals surface area (Å²) in [4.78, 5) is 11.8. The first kappa shape index (κ1) is 18.7. The highest BCUT2D eigenvalue weighted by molar-refractivity contribution is 5.90. The van der Waals surface area contributed by atoms with E-state index in [9.17, 15) is 22.4 Å². The number of hydrogen-bond acceptors (Lipinski definition) is 4. The Balaban J connectivity index is 1.57. The summed E-state index contributed by atoms with van der Waals surface area (Å²) in [5, 5.41) is 10.5. The van der Waals surface area contributed by atoms with Gasteiger partial charge < -0.3 is 9.73 Å². The zero-order valence-corrected chi connectivity index (χ0v) is 14.7. The zero-order valence-electron chi connectivity index (χ0n) is 14.7. The van der Waals surface area contributed by atoms with E-state index < -0.39 is 17.6 Å². The van der Waals surface area contributed by atoms with E-state index in [0.29, 0.717) is 28.4 Å². The predicted octanol–water partition coefficient (Wildman–Crippen LogP) is 4.95. The van der Waals surface area contributed by atoms with Crippen molar-refractivity contribution in [3.05, 3.63) is 82.1 Å². The number of anilines is 1. The predicted molar refractivity (Wildman–Crippen MR) is 98.8 cm³/mol. The minimum atomic E-state index is -4.80. The fourth-order valence-electron chi connectivity index (χ4n) is 2.94. The molecule has 0 amide bonds. The molecule has 2 N–H and O–H groups in total. The fourth-order valence-corrected chi connectivity index (χ4v) is 2.94. The molecule has 0 saturated heterocycles. The maximum Gasteiger partial charge on any atom is 0.419 e.